The van der Waals surface area contributed by atoms with Crippen molar-refractivity contribution in [2.45, 2.75) is 50.8 Å². The number of rotatable bonds is 11. The van der Waals surface area contributed by atoms with Crippen LogP contribution in [0.2, 0.25) is 0 Å². The summed E-state index contributed by atoms with van der Waals surface area (Å²) in [6.45, 7) is 7.32. The molecule has 0 aliphatic rings. The van der Waals surface area contributed by atoms with Crippen molar-refractivity contribution in [3.63, 3.8) is 0 Å². The lowest BCUT2D eigenvalue weighted by Gasteiger charge is -2.15. The molecule has 1 N–H and O–H groups in total. The topological polar surface area (TPSA) is 78.3 Å². The Morgan fingerprint density at radius 1 is 1.03 bits per heavy atom. The highest BCUT2D eigenvalue weighted by Gasteiger charge is 2.21. The lowest BCUT2D eigenvalue weighted by molar-refractivity contribution is -0.115. The fourth-order valence-electron chi connectivity index (χ4n) is 2.92. The first kappa shape index (κ1) is 23.7. The van der Waals surface area contributed by atoms with Crippen LogP contribution in [0.15, 0.2) is 59.8 Å². The Balaban J connectivity index is 1.67. The number of hydrogen-bond donors (Lipinski definition) is 1. The number of carbonyl (C=O) groups excluding carboxylic acids is 1. The van der Waals surface area contributed by atoms with Gasteiger partial charge in [0.05, 0.1) is 12.4 Å². The van der Waals surface area contributed by atoms with E-state index in [0.717, 1.165) is 41.1 Å². The zero-order chi connectivity index (χ0) is 22.9. The molecule has 0 aliphatic heterocycles. The molecular formula is C24H30N4O3S. The molecule has 0 saturated carbocycles. The standard InChI is InChI=1S/C24H30N4O3S/c1-17(2)14-15-28-22(16-31-21-8-6-5-7-9-21)26-27-24(28)32-18(3)23(29)25-19-10-12-20(30-4)13-11-19/h5-13,17-18H,14-16H2,1-4H3,(H,25,29). The Bertz CT molecular complexity index is 990. The van der Waals surface area contributed by atoms with Crippen molar-refractivity contribution in [2.75, 3.05) is 12.4 Å². The molecule has 2 aromatic carbocycles. The van der Waals surface area contributed by atoms with E-state index < -0.39 is 0 Å². The van der Waals surface area contributed by atoms with E-state index in [-0.39, 0.29) is 11.2 Å². The predicted octanol–water partition coefficient (Wildman–Crippen LogP) is 5.03. The summed E-state index contributed by atoms with van der Waals surface area (Å²) >= 11 is 1.40. The molecule has 3 rings (SSSR count). The Hall–Kier alpha value is -3.00. The number of anilines is 1. The van der Waals surface area contributed by atoms with Gasteiger partial charge in [0.2, 0.25) is 5.91 Å². The van der Waals surface area contributed by atoms with E-state index in [1.165, 1.54) is 11.8 Å². The van der Waals surface area contributed by atoms with E-state index in [4.69, 9.17) is 9.47 Å². The van der Waals surface area contributed by atoms with Gasteiger partial charge in [-0.25, -0.2) is 0 Å². The van der Waals surface area contributed by atoms with Crippen LogP contribution in [-0.4, -0.2) is 33.0 Å². The number of ether oxygens (including phenoxy) is 2. The average molecular weight is 455 g/mol. The summed E-state index contributed by atoms with van der Waals surface area (Å²) in [5, 5.41) is 12.0. The molecule has 0 spiro atoms. The number of para-hydroxylation sites is 1. The predicted molar refractivity (Wildman–Crippen MR) is 127 cm³/mol. The summed E-state index contributed by atoms with van der Waals surface area (Å²) < 4.78 is 13.1. The van der Waals surface area contributed by atoms with E-state index in [1.54, 1.807) is 7.11 Å². The number of methoxy groups -OCH3 is 1. The summed E-state index contributed by atoms with van der Waals surface area (Å²) in [6.07, 6.45) is 0.983. The van der Waals surface area contributed by atoms with Gasteiger partial charge in [0.1, 0.15) is 18.1 Å². The fourth-order valence-corrected chi connectivity index (χ4v) is 3.81. The zero-order valence-corrected chi connectivity index (χ0v) is 19.8. The van der Waals surface area contributed by atoms with Crippen molar-refractivity contribution in [2.24, 2.45) is 5.92 Å². The molecule has 1 amide bonds. The molecule has 32 heavy (non-hydrogen) atoms. The van der Waals surface area contributed by atoms with Crippen molar-refractivity contribution in [1.29, 1.82) is 0 Å². The Kier molecular flexibility index (Phi) is 8.56. The van der Waals surface area contributed by atoms with E-state index in [1.807, 2.05) is 61.5 Å². The summed E-state index contributed by atoms with van der Waals surface area (Å²) in [6, 6.07) is 16.9. The molecule has 1 aromatic heterocycles. The SMILES string of the molecule is COc1ccc(NC(=O)C(C)Sc2nnc(COc3ccccc3)n2CCC(C)C)cc1. The number of carbonyl (C=O) groups is 1. The van der Waals surface area contributed by atoms with Crippen LogP contribution in [0.1, 0.15) is 33.0 Å². The maximum atomic E-state index is 12.7. The lowest BCUT2D eigenvalue weighted by atomic mass is 10.1. The first-order valence-electron chi connectivity index (χ1n) is 10.7. The highest BCUT2D eigenvalue weighted by molar-refractivity contribution is 8.00. The Morgan fingerprint density at radius 2 is 1.75 bits per heavy atom. The second kappa shape index (κ2) is 11.6. The maximum absolute atomic E-state index is 12.7. The number of amides is 1. The van der Waals surface area contributed by atoms with Crippen LogP contribution in [0.5, 0.6) is 11.5 Å². The van der Waals surface area contributed by atoms with E-state index in [0.29, 0.717) is 12.5 Å². The third-order valence-electron chi connectivity index (χ3n) is 4.84. The van der Waals surface area contributed by atoms with Crippen LogP contribution in [0.3, 0.4) is 0 Å². The number of hydrogen-bond acceptors (Lipinski definition) is 6. The van der Waals surface area contributed by atoms with Crippen LogP contribution in [0.25, 0.3) is 0 Å². The second-order valence-corrected chi connectivity index (χ2v) is 9.12. The smallest absolute Gasteiger partial charge is 0.237 e. The molecule has 1 unspecified atom stereocenters. The van der Waals surface area contributed by atoms with Crippen LogP contribution in [0.4, 0.5) is 5.69 Å². The van der Waals surface area contributed by atoms with E-state index in [9.17, 15) is 4.79 Å². The minimum absolute atomic E-state index is 0.0966. The van der Waals surface area contributed by atoms with Crippen molar-refractivity contribution >= 4 is 23.4 Å². The van der Waals surface area contributed by atoms with Gasteiger partial charge in [-0.05, 0) is 55.7 Å². The second-order valence-electron chi connectivity index (χ2n) is 7.81. The Morgan fingerprint density at radius 3 is 2.41 bits per heavy atom. The van der Waals surface area contributed by atoms with Gasteiger partial charge in [0.25, 0.3) is 0 Å². The van der Waals surface area contributed by atoms with Crippen molar-refractivity contribution in [3.05, 3.63) is 60.4 Å². The molecule has 0 aliphatic carbocycles. The van der Waals surface area contributed by atoms with Crippen molar-refractivity contribution in [1.82, 2.24) is 14.8 Å². The van der Waals surface area contributed by atoms with Crippen molar-refractivity contribution in [3.8, 4) is 11.5 Å². The molecule has 0 bridgehead atoms. The molecule has 0 saturated heterocycles. The molecule has 8 heteroatoms. The van der Waals surface area contributed by atoms with Gasteiger partial charge in [-0.3, -0.25) is 4.79 Å². The third kappa shape index (κ3) is 6.75. The number of aromatic nitrogens is 3. The molecule has 1 heterocycles. The van der Waals surface area contributed by atoms with Gasteiger partial charge >= 0.3 is 0 Å². The molecule has 1 atom stereocenters. The maximum Gasteiger partial charge on any atom is 0.237 e. The normalized spacial score (nSPS) is 11.9. The monoisotopic (exact) mass is 454 g/mol. The molecular weight excluding hydrogens is 424 g/mol. The molecule has 3 aromatic rings. The van der Waals surface area contributed by atoms with Crippen LogP contribution < -0.4 is 14.8 Å². The lowest BCUT2D eigenvalue weighted by Crippen LogP contribution is -2.23. The minimum atomic E-state index is -0.345. The minimum Gasteiger partial charge on any atom is -0.497 e. The first-order valence-corrected chi connectivity index (χ1v) is 11.6. The van der Waals surface area contributed by atoms with Gasteiger partial charge in [0, 0.05) is 12.2 Å². The van der Waals surface area contributed by atoms with Gasteiger partial charge < -0.3 is 19.4 Å². The number of benzene rings is 2. The fraction of sp³-hybridized carbons (Fsp3) is 0.375. The summed E-state index contributed by atoms with van der Waals surface area (Å²) in [4.78, 5) is 12.7. The van der Waals surface area contributed by atoms with E-state index in [2.05, 4.69) is 33.9 Å². The quantitative estimate of drug-likeness (QED) is 0.409. The molecule has 7 nitrogen and oxygen atoms in total. The number of nitrogens with one attached hydrogen (secondary N) is 1. The highest BCUT2D eigenvalue weighted by Crippen LogP contribution is 2.25. The van der Waals surface area contributed by atoms with Crippen LogP contribution >= 0.6 is 11.8 Å². The van der Waals surface area contributed by atoms with Crippen LogP contribution in [-0.2, 0) is 17.9 Å². The zero-order valence-electron chi connectivity index (χ0n) is 18.9. The highest BCUT2D eigenvalue weighted by atomic mass is 32.2. The summed E-state index contributed by atoms with van der Waals surface area (Å²) in [5.41, 5.74) is 0.724. The molecule has 0 fully saturated rings. The van der Waals surface area contributed by atoms with Gasteiger partial charge in [-0.2, -0.15) is 0 Å². The molecule has 0 radical (unpaired) electrons. The van der Waals surface area contributed by atoms with Gasteiger partial charge in [-0.1, -0.05) is 43.8 Å². The van der Waals surface area contributed by atoms with Crippen molar-refractivity contribution < 1.29 is 14.3 Å². The summed E-state index contributed by atoms with van der Waals surface area (Å²) in [7, 11) is 1.61. The number of nitrogens with zero attached hydrogens (tertiary/aromatic N) is 3. The summed E-state index contributed by atoms with van der Waals surface area (Å²) in [5.74, 6) is 2.72. The average Bonchev–Trinajstić information content (AvgIpc) is 3.18. The first-order chi connectivity index (χ1) is 15.5. The van der Waals surface area contributed by atoms with Crippen LogP contribution in [0, 0.1) is 5.92 Å². The Labute approximate surface area is 193 Å². The van der Waals surface area contributed by atoms with Gasteiger partial charge in [-0.15, -0.1) is 10.2 Å². The van der Waals surface area contributed by atoms with Gasteiger partial charge in [0.15, 0.2) is 11.0 Å². The number of thioether (sulfide) groups is 1. The van der Waals surface area contributed by atoms with E-state index >= 15 is 0 Å². The molecule has 170 valence electrons. The third-order valence-corrected chi connectivity index (χ3v) is 5.92. The largest absolute Gasteiger partial charge is 0.497 e.